The van der Waals surface area contributed by atoms with Crippen molar-refractivity contribution in [2.45, 2.75) is 13.1 Å². The van der Waals surface area contributed by atoms with E-state index in [1.165, 1.54) is 23.2 Å². The van der Waals surface area contributed by atoms with Crippen LogP contribution in [0.4, 0.5) is 4.39 Å². The Balaban J connectivity index is 1.39. The summed E-state index contributed by atoms with van der Waals surface area (Å²) in [6.45, 7) is 3.50. The van der Waals surface area contributed by atoms with Gasteiger partial charge >= 0.3 is 0 Å². The van der Waals surface area contributed by atoms with Crippen LogP contribution in [0.2, 0.25) is 0 Å². The molecule has 7 nitrogen and oxygen atoms in total. The SMILES string of the molecule is COc1ccc(F)cc1C[NH+]1CCN(C(=O)Cn2ncc(=O)c3ccccc32)CC1. The fourth-order valence-corrected chi connectivity index (χ4v) is 3.92. The Morgan fingerprint density at radius 1 is 1.20 bits per heavy atom. The van der Waals surface area contributed by atoms with Gasteiger partial charge in [-0.05, 0) is 30.3 Å². The molecule has 0 atom stereocenters. The lowest BCUT2D eigenvalue weighted by Crippen LogP contribution is -3.13. The maximum absolute atomic E-state index is 13.6. The number of carbonyl (C=O) groups is 1. The summed E-state index contributed by atoms with van der Waals surface area (Å²) in [5, 5.41) is 4.70. The van der Waals surface area contributed by atoms with Crippen molar-refractivity contribution in [1.29, 1.82) is 0 Å². The van der Waals surface area contributed by atoms with Gasteiger partial charge in [-0.15, -0.1) is 0 Å². The number of para-hydroxylation sites is 1. The van der Waals surface area contributed by atoms with E-state index in [-0.39, 0.29) is 23.7 Å². The number of amides is 1. The normalized spacial score (nSPS) is 14.8. The first-order chi connectivity index (χ1) is 14.5. The maximum Gasteiger partial charge on any atom is 0.244 e. The Bertz CT molecular complexity index is 1120. The first kappa shape index (κ1) is 20.0. The summed E-state index contributed by atoms with van der Waals surface area (Å²) in [4.78, 5) is 27.9. The van der Waals surface area contributed by atoms with Crippen LogP contribution in [0, 0.1) is 5.82 Å². The lowest BCUT2D eigenvalue weighted by molar-refractivity contribution is -0.917. The van der Waals surface area contributed by atoms with E-state index in [4.69, 9.17) is 4.74 Å². The zero-order valence-corrected chi connectivity index (χ0v) is 16.8. The number of rotatable bonds is 5. The number of ether oxygens (including phenoxy) is 1. The predicted molar refractivity (Wildman–Crippen MR) is 110 cm³/mol. The van der Waals surface area contributed by atoms with Gasteiger partial charge in [-0.2, -0.15) is 5.10 Å². The van der Waals surface area contributed by atoms with Crippen molar-refractivity contribution in [3.63, 3.8) is 0 Å². The highest BCUT2D eigenvalue weighted by Gasteiger charge is 2.25. The molecule has 30 heavy (non-hydrogen) atoms. The first-order valence-corrected chi connectivity index (χ1v) is 9.94. The number of piperazine rings is 1. The Morgan fingerprint density at radius 2 is 1.97 bits per heavy atom. The van der Waals surface area contributed by atoms with E-state index in [1.807, 2.05) is 11.0 Å². The molecule has 156 valence electrons. The molecule has 0 unspecified atom stereocenters. The molecular weight excluding hydrogens is 387 g/mol. The second kappa shape index (κ2) is 8.62. The molecule has 1 amide bonds. The van der Waals surface area contributed by atoms with E-state index in [1.54, 1.807) is 36.1 Å². The molecule has 1 aliphatic heterocycles. The summed E-state index contributed by atoms with van der Waals surface area (Å²) in [7, 11) is 1.58. The summed E-state index contributed by atoms with van der Waals surface area (Å²) in [6.07, 6.45) is 1.25. The highest BCUT2D eigenvalue weighted by molar-refractivity contribution is 5.81. The van der Waals surface area contributed by atoms with Gasteiger partial charge in [0.05, 0.1) is 50.6 Å². The molecule has 8 heteroatoms. The molecule has 4 rings (SSSR count). The van der Waals surface area contributed by atoms with Crippen molar-refractivity contribution in [2.75, 3.05) is 33.3 Å². The molecule has 1 aromatic heterocycles. The second-order valence-electron chi connectivity index (χ2n) is 7.45. The van der Waals surface area contributed by atoms with Gasteiger partial charge in [0.1, 0.15) is 24.7 Å². The number of nitrogens with one attached hydrogen (secondary N) is 1. The van der Waals surface area contributed by atoms with E-state index in [2.05, 4.69) is 5.10 Å². The molecule has 1 N–H and O–H groups in total. The third-order valence-corrected chi connectivity index (χ3v) is 5.55. The van der Waals surface area contributed by atoms with Crippen LogP contribution in [-0.4, -0.2) is 53.9 Å². The largest absolute Gasteiger partial charge is 0.496 e. The summed E-state index contributed by atoms with van der Waals surface area (Å²) in [5.41, 5.74) is 1.33. The molecule has 3 aromatic rings. The third-order valence-electron chi connectivity index (χ3n) is 5.55. The third kappa shape index (κ3) is 4.18. The summed E-state index contributed by atoms with van der Waals surface area (Å²) < 4.78 is 20.5. The van der Waals surface area contributed by atoms with E-state index < -0.39 is 0 Å². The topological polar surface area (TPSA) is 68.9 Å². The number of hydrogen-bond donors (Lipinski definition) is 1. The van der Waals surface area contributed by atoms with Crippen LogP contribution >= 0.6 is 0 Å². The molecule has 0 aliphatic carbocycles. The van der Waals surface area contributed by atoms with Crippen LogP contribution in [0.15, 0.2) is 53.5 Å². The Labute approximate surface area is 173 Å². The highest BCUT2D eigenvalue weighted by Crippen LogP contribution is 2.18. The maximum atomic E-state index is 13.6. The van der Waals surface area contributed by atoms with Crippen molar-refractivity contribution in [2.24, 2.45) is 0 Å². The van der Waals surface area contributed by atoms with E-state index in [0.29, 0.717) is 36.3 Å². The van der Waals surface area contributed by atoms with Crippen LogP contribution in [0.1, 0.15) is 5.56 Å². The Morgan fingerprint density at radius 3 is 2.73 bits per heavy atom. The molecule has 1 saturated heterocycles. The van der Waals surface area contributed by atoms with Crippen molar-refractivity contribution >= 4 is 16.8 Å². The minimum Gasteiger partial charge on any atom is -0.496 e. The number of benzene rings is 2. The van der Waals surface area contributed by atoms with Gasteiger partial charge in [0.2, 0.25) is 11.3 Å². The minimum absolute atomic E-state index is 0.0290. The number of methoxy groups -OCH3 is 1. The van der Waals surface area contributed by atoms with Gasteiger partial charge in [0, 0.05) is 5.39 Å². The molecule has 0 radical (unpaired) electrons. The van der Waals surface area contributed by atoms with E-state index in [9.17, 15) is 14.0 Å². The zero-order chi connectivity index (χ0) is 21.1. The second-order valence-corrected chi connectivity index (χ2v) is 7.45. The van der Waals surface area contributed by atoms with Crippen LogP contribution in [0.5, 0.6) is 5.75 Å². The molecule has 1 aliphatic rings. The Kier molecular flexibility index (Phi) is 5.76. The van der Waals surface area contributed by atoms with Crippen molar-refractivity contribution < 1.29 is 18.8 Å². The number of fused-ring (bicyclic) bond motifs is 1. The fourth-order valence-electron chi connectivity index (χ4n) is 3.92. The van der Waals surface area contributed by atoms with Gasteiger partial charge in [-0.25, -0.2) is 4.39 Å². The van der Waals surface area contributed by atoms with E-state index in [0.717, 1.165) is 18.7 Å². The molecule has 0 bridgehead atoms. The molecule has 0 saturated carbocycles. The standard InChI is InChI=1S/C22H23FN4O3/c1-30-21-7-6-17(23)12-16(21)14-25-8-10-26(11-9-25)22(29)15-27-19-5-3-2-4-18(19)20(28)13-24-27/h2-7,12-13H,8-11,14-15H2,1H3/p+1. The van der Waals surface area contributed by atoms with Gasteiger partial charge in [0.15, 0.2) is 0 Å². The lowest BCUT2D eigenvalue weighted by atomic mass is 10.1. The summed E-state index contributed by atoms with van der Waals surface area (Å²) in [6, 6.07) is 11.7. The van der Waals surface area contributed by atoms with Gasteiger partial charge in [-0.3, -0.25) is 14.3 Å². The van der Waals surface area contributed by atoms with Gasteiger partial charge in [-0.1, -0.05) is 12.1 Å². The predicted octanol–water partition coefficient (Wildman–Crippen LogP) is 0.472. The lowest BCUT2D eigenvalue weighted by Gasteiger charge is -2.32. The number of nitrogens with zero attached hydrogens (tertiary/aromatic N) is 3. The number of carbonyl (C=O) groups excluding carboxylic acids is 1. The average Bonchev–Trinajstić information content (AvgIpc) is 2.76. The monoisotopic (exact) mass is 411 g/mol. The van der Waals surface area contributed by atoms with Crippen molar-refractivity contribution in [3.8, 4) is 5.75 Å². The smallest absolute Gasteiger partial charge is 0.244 e. The van der Waals surface area contributed by atoms with Crippen LogP contribution in [0.3, 0.4) is 0 Å². The first-order valence-electron chi connectivity index (χ1n) is 9.94. The zero-order valence-electron chi connectivity index (χ0n) is 16.8. The number of aromatic nitrogens is 2. The number of quaternary nitrogens is 1. The van der Waals surface area contributed by atoms with Crippen molar-refractivity contribution in [1.82, 2.24) is 14.7 Å². The Hall–Kier alpha value is -3.26. The molecule has 2 heterocycles. The number of hydrogen-bond acceptors (Lipinski definition) is 4. The fraction of sp³-hybridized carbons (Fsp3) is 0.318. The summed E-state index contributed by atoms with van der Waals surface area (Å²) in [5.74, 6) is 0.372. The molecular formula is C22H24FN4O3+. The quantitative estimate of drug-likeness (QED) is 0.663. The molecule has 1 fully saturated rings. The number of halogens is 1. The minimum atomic E-state index is -0.278. The highest BCUT2D eigenvalue weighted by atomic mass is 19.1. The van der Waals surface area contributed by atoms with Crippen LogP contribution in [0.25, 0.3) is 10.9 Å². The molecule has 0 spiro atoms. The van der Waals surface area contributed by atoms with E-state index >= 15 is 0 Å². The van der Waals surface area contributed by atoms with Crippen LogP contribution in [-0.2, 0) is 17.9 Å². The van der Waals surface area contributed by atoms with Gasteiger partial charge in [0.25, 0.3) is 0 Å². The molecule has 2 aromatic carbocycles. The van der Waals surface area contributed by atoms with Crippen molar-refractivity contribution in [3.05, 3.63) is 70.3 Å². The van der Waals surface area contributed by atoms with Gasteiger partial charge < -0.3 is 14.5 Å². The average molecular weight is 411 g/mol. The van der Waals surface area contributed by atoms with Crippen LogP contribution < -0.4 is 15.1 Å². The summed E-state index contributed by atoms with van der Waals surface area (Å²) >= 11 is 0.